The average molecular weight is 343 g/mol. The highest BCUT2D eigenvalue weighted by molar-refractivity contribution is 5.97. The van der Waals surface area contributed by atoms with Gasteiger partial charge in [-0.3, -0.25) is 0 Å². The van der Waals surface area contributed by atoms with Gasteiger partial charge in [-0.05, 0) is 18.1 Å². The van der Waals surface area contributed by atoms with E-state index in [4.69, 9.17) is 10.9 Å². The molecule has 6 heteroatoms. The van der Waals surface area contributed by atoms with Crippen molar-refractivity contribution in [2.24, 2.45) is 10.9 Å². The summed E-state index contributed by atoms with van der Waals surface area (Å²) < 4.78 is 1.78. The Kier molecular flexibility index (Phi) is 3.85. The van der Waals surface area contributed by atoms with Gasteiger partial charge in [0, 0.05) is 29.1 Å². The fourth-order valence-electron chi connectivity index (χ4n) is 2.85. The second kappa shape index (κ2) is 6.33. The first-order valence-corrected chi connectivity index (χ1v) is 8.14. The lowest BCUT2D eigenvalue weighted by molar-refractivity contribution is 0.318. The number of fused-ring (bicyclic) bond motifs is 1. The molecule has 128 valence electrons. The Hall–Kier alpha value is -3.67. The molecule has 4 rings (SSSR count). The molecule has 4 aromatic rings. The molecular formula is C20H17N5O. The number of aryl methyl sites for hydroxylation is 1. The van der Waals surface area contributed by atoms with Gasteiger partial charge in [0.05, 0.1) is 6.20 Å². The lowest BCUT2D eigenvalue weighted by Gasteiger charge is -2.04. The molecule has 0 bridgehead atoms. The van der Waals surface area contributed by atoms with Crippen molar-refractivity contribution in [3.63, 3.8) is 0 Å². The molecule has 2 aromatic carbocycles. The molecule has 6 nitrogen and oxygen atoms in total. The molecule has 0 amide bonds. The summed E-state index contributed by atoms with van der Waals surface area (Å²) in [6, 6.07) is 15.7. The van der Waals surface area contributed by atoms with Crippen molar-refractivity contribution in [1.29, 1.82) is 0 Å². The van der Waals surface area contributed by atoms with Crippen molar-refractivity contribution in [2.75, 3.05) is 0 Å². The number of nitrogens with two attached hydrogens (primary N) is 1. The van der Waals surface area contributed by atoms with Gasteiger partial charge in [-0.25, -0.2) is 9.50 Å². The molecule has 2 aromatic heterocycles. The zero-order chi connectivity index (χ0) is 18.1. The molecule has 26 heavy (non-hydrogen) atoms. The number of hydrogen-bond acceptors (Lipinski definition) is 4. The van der Waals surface area contributed by atoms with Crippen LogP contribution < -0.4 is 5.73 Å². The van der Waals surface area contributed by atoms with Crippen LogP contribution in [0.5, 0.6) is 0 Å². The molecular weight excluding hydrogens is 326 g/mol. The smallest absolute Gasteiger partial charge is 0.170 e. The van der Waals surface area contributed by atoms with Gasteiger partial charge in [0.1, 0.15) is 0 Å². The van der Waals surface area contributed by atoms with Crippen molar-refractivity contribution in [1.82, 2.24) is 14.6 Å². The third-order valence-electron chi connectivity index (χ3n) is 4.34. The minimum Gasteiger partial charge on any atom is -0.409 e. The third-order valence-corrected chi connectivity index (χ3v) is 4.34. The fraction of sp³-hybridized carbons (Fsp3) is 0.0500. The summed E-state index contributed by atoms with van der Waals surface area (Å²) in [6.45, 7) is 2.07. The van der Waals surface area contributed by atoms with Crippen LogP contribution in [0, 0.1) is 6.92 Å². The van der Waals surface area contributed by atoms with Crippen molar-refractivity contribution in [3.8, 4) is 22.3 Å². The van der Waals surface area contributed by atoms with Gasteiger partial charge < -0.3 is 10.9 Å². The molecule has 0 aliphatic rings. The molecule has 0 fully saturated rings. The van der Waals surface area contributed by atoms with Crippen LogP contribution in [0.4, 0.5) is 0 Å². The molecule has 0 saturated carbocycles. The van der Waals surface area contributed by atoms with E-state index in [0.29, 0.717) is 5.56 Å². The molecule has 0 aliphatic heterocycles. The first kappa shape index (κ1) is 15.8. The van der Waals surface area contributed by atoms with Gasteiger partial charge in [-0.1, -0.05) is 59.3 Å². The Balaban J connectivity index is 1.72. The predicted molar refractivity (Wildman–Crippen MR) is 101 cm³/mol. The Morgan fingerprint density at radius 2 is 1.65 bits per heavy atom. The second-order valence-corrected chi connectivity index (χ2v) is 6.10. The Bertz CT molecular complexity index is 1100. The Morgan fingerprint density at radius 3 is 2.35 bits per heavy atom. The van der Waals surface area contributed by atoms with Gasteiger partial charge in [0.25, 0.3) is 0 Å². The van der Waals surface area contributed by atoms with E-state index in [0.717, 1.165) is 27.9 Å². The van der Waals surface area contributed by atoms with Crippen LogP contribution in [0.1, 0.15) is 11.1 Å². The third kappa shape index (κ3) is 2.77. The van der Waals surface area contributed by atoms with Gasteiger partial charge in [0.2, 0.25) is 0 Å². The quantitative estimate of drug-likeness (QED) is 0.258. The molecule has 2 heterocycles. The summed E-state index contributed by atoms with van der Waals surface area (Å²) in [5, 5.41) is 16.2. The lowest BCUT2D eigenvalue weighted by Crippen LogP contribution is -2.12. The average Bonchev–Trinajstić information content (AvgIpc) is 3.11. The van der Waals surface area contributed by atoms with Gasteiger partial charge in [0.15, 0.2) is 11.5 Å². The van der Waals surface area contributed by atoms with Crippen LogP contribution in [0.25, 0.3) is 27.9 Å². The van der Waals surface area contributed by atoms with E-state index in [1.165, 1.54) is 5.56 Å². The van der Waals surface area contributed by atoms with E-state index in [2.05, 4.69) is 46.4 Å². The normalized spacial score (nSPS) is 11.8. The maximum atomic E-state index is 8.76. The van der Waals surface area contributed by atoms with E-state index in [1.807, 2.05) is 24.5 Å². The highest BCUT2D eigenvalue weighted by Crippen LogP contribution is 2.26. The van der Waals surface area contributed by atoms with E-state index < -0.39 is 0 Å². The monoisotopic (exact) mass is 343 g/mol. The first-order valence-electron chi connectivity index (χ1n) is 8.14. The van der Waals surface area contributed by atoms with Crippen molar-refractivity contribution in [2.45, 2.75) is 6.92 Å². The number of hydrogen-bond donors (Lipinski definition) is 2. The maximum Gasteiger partial charge on any atom is 0.170 e. The number of oxime groups is 1. The largest absolute Gasteiger partial charge is 0.409 e. The van der Waals surface area contributed by atoms with E-state index in [-0.39, 0.29) is 5.84 Å². The van der Waals surface area contributed by atoms with Gasteiger partial charge >= 0.3 is 0 Å². The van der Waals surface area contributed by atoms with Crippen molar-refractivity contribution in [3.05, 3.63) is 78.2 Å². The summed E-state index contributed by atoms with van der Waals surface area (Å²) >= 11 is 0. The molecule has 0 aliphatic carbocycles. The number of benzene rings is 2. The van der Waals surface area contributed by atoms with Crippen LogP contribution in [0.3, 0.4) is 0 Å². The lowest BCUT2D eigenvalue weighted by atomic mass is 10.1. The second-order valence-electron chi connectivity index (χ2n) is 6.10. The summed E-state index contributed by atoms with van der Waals surface area (Å²) in [7, 11) is 0. The summed E-state index contributed by atoms with van der Waals surface area (Å²) in [6.07, 6.45) is 5.62. The van der Waals surface area contributed by atoms with E-state index in [9.17, 15) is 0 Å². The molecule has 0 radical (unpaired) electrons. The molecule has 3 N–H and O–H groups in total. The van der Waals surface area contributed by atoms with E-state index in [1.54, 1.807) is 22.8 Å². The summed E-state index contributed by atoms with van der Waals surface area (Å²) in [5.41, 5.74) is 12.3. The molecule has 0 atom stereocenters. The predicted octanol–water partition coefficient (Wildman–Crippen LogP) is 3.47. The van der Waals surface area contributed by atoms with Gasteiger partial charge in [-0.2, -0.15) is 5.10 Å². The van der Waals surface area contributed by atoms with Crippen LogP contribution in [-0.2, 0) is 0 Å². The minimum absolute atomic E-state index is 0.0808. The van der Waals surface area contributed by atoms with Crippen LogP contribution in [0.15, 0.2) is 72.3 Å². The number of nitrogens with zero attached hydrogens (tertiary/aromatic N) is 4. The minimum atomic E-state index is 0.0808. The fourth-order valence-corrected chi connectivity index (χ4v) is 2.85. The molecule has 0 saturated heterocycles. The summed E-state index contributed by atoms with van der Waals surface area (Å²) in [4.78, 5) is 4.60. The standard InChI is InChI=1S/C20H17N5O/c1-13-2-4-14(5-3-13)17-10-22-20-18(11-23-25(20)12-17)15-6-8-16(9-7-15)19(21)24-26/h2-12,26H,1H3,(H2,21,24). The highest BCUT2D eigenvalue weighted by atomic mass is 16.4. The Morgan fingerprint density at radius 1 is 0.962 bits per heavy atom. The van der Waals surface area contributed by atoms with Crippen LogP contribution in [-0.4, -0.2) is 25.6 Å². The van der Waals surface area contributed by atoms with Crippen molar-refractivity contribution < 1.29 is 5.21 Å². The Labute approximate surface area is 150 Å². The number of aromatic nitrogens is 3. The zero-order valence-electron chi connectivity index (χ0n) is 14.2. The van der Waals surface area contributed by atoms with E-state index >= 15 is 0 Å². The van der Waals surface area contributed by atoms with Crippen LogP contribution >= 0.6 is 0 Å². The zero-order valence-corrected chi connectivity index (χ0v) is 14.2. The number of rotatable bonds is 3. The van der Waals surface area contributed by atoms with Gasteiger partial charge in [-0.15, -0.1) is 0 Å². The summed E-state index contributed by atoms with van der Waals surface area (Å²) in [5.74, 6) is 0.0808. The van der Waals surface area contributed by atoms with Crippen molar-refractivity contribution >= 4 is 11.5 Å². The maximum absolute atomic E-state index is 8.76. The number of amidine groups is 1. The molecule has 0 unspecified atom stereocenters. The van der Waals surface area contributed by atoms with Crippen LogP contribution in [0.2, 0.25) is 0 Å². The highest BCUT2D eigenvalue weighted by Gasteiger charge is 2.10. The first-order chi connectivity index (χ1) is 12.7. The molecule has 0 spiro atoms. The topological polar surface area (TPSA) is 88.8 Å². The SMILES string of the molecule is Cc1ccc(-c2cnc3c(-c4ccc(/C(N)=N\O)cc4)cnn3c2)cc1.